The Morgan fingerprint density at radius 1 is 1.31 bits per heavy atom. The van der Waals surface area contributed by atoms with E-state index < -0.39 is 17.6 Å². The molecule has 0 aromatic heterocycles. The van der Waals surface area contributed by atoms with Crippen LogP contribution in [0.3, 0.4) is 0 Å². The first-order valence-corrected chi connectivity index (χ1v) is 3.63. The first kappa shape index (κ1) is 7.66. The van der Waals surface area contributed by atoms with E-state index in [4.69, 9.17) is 0 Å². The van der Waals surface area contributed by atoms with Gasteiger partial charge in [-0.3, -0.25) is 10.1 Å². The van der Waals surface area contributed by atoms with Crippen LogP contribution >= 0.6 is 0 Å². The Morgan fingerprint density at radius 3 is 2.85 bits per heavy atom. The lowest BCUT2D eigenvalue weighted by Crippen LogP contribution is -2.42. The molecule has 0 saturated carbocycles. The van der Waals surface area contributed by atoms with Gasteiger partial charge in [0.25, 0.3) is 11.6 Å². The van der Waals surface area contributed by atoms with Gasteiger partial charge in [-0.05, 0) is 12.2 Å². The maximum absolute atomic E-state index is 11.3. The van der Waals surface area contributed by atoms with Crippen LogP contribution in [0, 0.1) is 0 Å². The number of imide groups is 1. The number of hydrogen-bond donors (Lipinski definition) is 2. The molecule has 0 radical (unpaired) electrons. The zero-order chi connectivity index (χ0) is 9.31. The normalized spacial score (nSPS) is 30.5. The van der Waals surface area contributed by atoms with Gasteiger partial charge in [-0.25, -0.2) is 4.79 Å². The van der Waals surface area contributed by atoms with Crippen molar-refractivity contribution < 1.29 is 9.59 Å². The van der Waals surface area contributed by atoms with Crippen molar-refractivity contribution in [1.29, 1.82) is 0 Å². The van der Waals surface area contributed by atoms with E-state index in [-0.39, 0.29) is 0 Å². The molecule has 2 heterocycles. The molecule has 66 valence electrons. The predicted molar refractivity (Wildman–Crippen MR) is 42.5 cm³/mol. The van der Waals surface area contributed by atoms with E-state index in [1.54, 1.807) is 12.2 Å². The number of amides is 3. The number of urea groups is 1. The summed E-state index contributed by atoms with van der Waals surface area (Å²) in [6.45, 7) is 0. The summed E-state index contributed by atoms with van der Waals surface area (Å²) >= 11 is 0. The van der Waals surface area contributed by atoms with Crippen molar-refractivity contribution in [3.8, 4) is 0 Å². The Labute approximate surface area is 73.4 Å². The average Bonchev–Trinajstić information content (AvgIpc) is 2.29. The summed E-state index contributed by atoms with van der Waals surface area (Å²) in [6, 6.07) is -0.560. The molecule has 3 amide bonds. The fourth-order valence-electron chi connectivity index (χ4n) is 1.09. The fraction of sp³-hybridized carbons (Fsp3) is 0.143. The van der Waals surface area contributed by atoms with Gasteiger partial charge in [-0.1, -0.05) is 6.08 Å². The number of nitrogens with one attached hydrogen (secondary N) is 2. The van der Waals surface area contributed by atoms with Gasteiger partial charge < -0.3 is 5.32 Å². The van der Waals surface area contributed by atoms with Crippen molar-refractivity contribution >= 4 is 11.9 Å². The van der Waals surface area contributed by atoms with Crippen LogP contribution in [0.4, 0.5) is 4.79 Å². The molecular formula is C7H6N4O2. The standard InChI is InChI=1S/C7H6N4O2/c12-5-7(10-6(13)9-5)3-1-2-4-8-11-7/h1-4H,(H2,9,10,12,13). The third-order valence-electron chi connectivity index (χ3n) is 1.69. The van der Waals surface area contributed by atoms with Crippen LogP contribution in [0.2, 0.25) is 0 Å². The number of nitrogens with zero attached hydrogens (tertiary/aromatic N) is 2. The molecule has 6 heteroatoms. The Bertz CT molecular complexity index is 340. The first-order chi connectivity index (χ1) is 6.23. The van der Waals surface area contributed by atoms with Gasteiger partial charge in [0.15, 0.2) is 0 Å². The van der Waals surface area contributed by atoms with E-state index >= 15 is 0 Å². The maximum atomic E-state index is 11.3. The zero-order valence-corrected chi connectivity index (χ0v) is 6.52. The molecule has 1 spiro atoms. The summed E-state index contributed by atoms with van der Waals surface area (Å²) in [5.41, 5.74) is -1.35. The molecule has 2 rings (SSSR count). The molecule has 2 aliphatic rings. The summed E-state index contributed by atoms with van der Waals surface area (Å²) < 4.78 is 0. The number of allylic oxidation sites excluding steroid dienone is 2. The number of rotatable bonds is 0. The fourth-order valence-corrected chi connectivity index (χ4v) is 1.09. The second kappa shape index (κ2) is 2.51. The Morgan fingerprint density at radius 2 is 2.15 bits per heavy atom. The maximum Gasteiger partial charge on any atom is 0.324 e. The van der Waals surface area contributed by atoms with Crippen LogP contribution in [0.25, 0.3) is 0 Å². The van der Waals surface area contributed by atoms with E-state index in [2.05, 4.69) is 20.9 Å². The van der Waals surface area contributed by atoms with Gasteiger partial charge in [0, 0.05) is 6.20 Å². The summed E-state index contributed by atoms with van der Waals surface area (Å²) in [4.78, 5) is 22.1. The molecule has 0 aliphatic carbocycles. The zero-order valence-electron chi connectivity index (χ0n) is 6.52. The second-order valence-electron chi connectivity index (χ2n) is 2.59. The summed E-state index contributed by atoms with van der Waals surface area (Å²) in [5.74, 6) is -0.513. The predicted octanol–water partition coefficient (Wildman–Crippen LogP) is 0.0578. The highest BCUT2D eigenvalue weighted by Gasteiger charge is 2.45. The van der Waals surface area contributed by atoms with Gasteiger partial charge in [-0.15, -0.1) is 5.11 Å². The van der Waals surface area contributed by atoms with Crippen molar-refractivity contribution in [2.24, 2.45) is 10.2 Å². The van der Waals surface area contributed by atoms with E-state index in [0.717, 1.165) is 0 Å². The van der Waals surface area contributed by atoms with E-state index in [1.807, 2.05) is 0 Å². The second-order valence-corrected chi connectivity index (χ2v) is 2.59. The largest absolute Gasteiger partial charge is 0.324 e. The summed E-state index contributed by atoms with van der Waals surface area (Å²) in [5, 5.41) is 11.7. The highest BCUT2D eigenvalue weighted by molar-refractivity contribution is 6.08. The van der Waals surface area contributed by atoms with Gasteiger partial charge in [0.05, 0.1) is 0 Å². The molecular weight excluding hydrogens is 172 g/mol. The summed E-state index contributed by atoms with van der Waals surface area (Å²) in [6.07, 6.45) is 6.13. The molecule has 0 aromatic rings. The monoisotopic (exact) mass is 178 g/mol. The highest BCUT2D eigenvalue weighted by Crippen LogP contribution is 2.16. The first-order valence-electron chi connectivity index (χ1n) is 3.63. The molecule has 0 aromatic carbocycles. The molecule has 6 nitrogen and oxygen atoms in total. The van der Waals surface area contributed by atoms with Crippen molar-refractivity contribution in [3.63, 3.8) is 0 Å². The molecule has 1 unspecified atom stereocenters. The Kier molecular flexibility index (Phi) is 1.48. The molecule has 2 N–H and O–H groups in total. The van der Waals surface area contributed by atoms with Gasteiger partial charge in [-0.2, -0.15) is 5.11 Å². The van der Waals surface area contributed by atoms with Gasteiger partial charge >= 0.3 is 6.03 Å². The number of carbonyl (C=O) groups is 2. The lowest BCUT2D eigenvalue weighted by atomic mass is 10.1. The van der Waals surface area contributed by atoms with E-state index in [9.17, 15) is 9.59 Å². The number of hydrogen-bond acceptors (Lipinski definition) is 4. The Balaban J connectivity index is 2.40. The van der Waals surface area contributed by atoms with Crippen LogP contribution < -0.4 is 10.6 Å². The minimum Gasteiger partial charge on any atom is -0.301 e. The molecule has 1 atom stereocenters. The quantitative estimate of drug-likeness (QED) is 0.514. The third kappa shape index (κ3) is 1.12. The van der Waals surface area contributed by atoms with Crippen LogP contribution in [-0.2, 0) is 4.79 Å². The van der Waals surface area contributed by atoms with Crippen LogP contribution in [0.1, 0.15) is 0 Å². The van der Waals surface area contributed by atoms with Crippen LogP contribution in [0.15, 0.2) is 34.7 Å². The molecule has 1 fully saturated rings. The van der Waals surface area contributed by atoms with Crippen molar-refractivity contribution in [3.05, 3.63) is 24.4 Å². The van der Waals surface area contributed by atoms with Crippen LogP contribution in [0.5, 0.6) is 0 Å². The number of carbonyl (C=O) groups excluding carboxylic acids is 2. The highest BCUT2D eigenvalue weighted by atomic mass is 16.2. The van der Waals surface area contributed by atoms with E-state index in [0.29, 0.717) is 0 Å². The lowest BCUT2D eigenvalue weighted by Gasteiger charge is -2.12. The van der Waals surface area contributed by atoms with Gasteiger partial charge in [0.1, 0.15) is 0 Å². The lowest BCUT2D eigenvalue weighted by molar-refractivity contribution is -0.122. The molecule has 2 aliphatic heterocycles. The number of azo groups is 1. The topological polar surface area (TPSA) is 82.9 Å². The minimum absolute atomic E-state index is 0.513. The smallest absolute Gasteiger partial charge is 0.301 e. The average molecular weight is 178 g/mol. The van der Waals surface area contributed by atoms with Crippen molar-refractivity contribution in [1.82, 2.24) is 10.6 Å². The van der Waals surface area contributed by atoms with Crippen molar-refractivity contribution in [2.75, 3.05) is 0 Å². The minimum atomic E-state index is -1.35. The van der Waals surface area contributed by atoms with E-state index in [1.165, 1.54) is 12.3 Å². The third-order valence-corrected chi connectivity index (χ3v) is 1.69. The molecule has 13 heavy (non-hydrogen) atoms. The summed E-state index contributed by atoms with van der Waals surface area (Å²) in [7, 11) is 0. The Hall–Kier alpha value is -1.98. The molecule has 0 bridgehead atoms. The van der Waals surface area contributed by atoms with Crippen LogP contribution in [-0.4, -0.2) is 17.6 Å². The SMILES string of the molecule is O=C1NC(=O)C2(C=CC=CN=N2)N1. The molecule has 1 saturated heterocycles. The van der Waals surface area contributed by atoms with Gasteiger partial charge in [0.2, 0.25) is 0 Å². The van der Waals surface area contributed by atoms with Crippen molar-refractivity contribution in [2.45, 2.75) is 5.66 Å².